The number of rotatable bonds is 6. The Labute approximate surface area is 109 Å². The smallest absolute Gasteiger partial charge is 0.106 e. The quantitative estimate of drug-likeness (QED) is 0.766. The summed E-state index contributed by atoms with van der Waals surface area (Å²) >= 11 is 0. The first kappa shape index (κ1) is 12.8. The molecule has 18 heavy (non-hydrogen) atoms. The molecule has 2 N–H and O–H groups in total. The van der Waals surface area contributed by atoms with E-state index in [9.17, 15) is 0 Å². The van der Waals surface area contributed by atoms with Crippen LogP contribution in [0.2, 0.25) is 0 Å². The number of hydrogen-bond acceptors (Lipinski definition) is 2. The Balaban J connectivity index is 1.75. The fourth-order valence-electron chi connectivity index (χ4n) is 2.19. The highest BCUT2D eigenvalue weighted by Gasteiger charge is 2.06. The summed E-state index contributed by atoms with van der Waals surface area (Å²) in [6.07, 6.45) is 5.78. The molecule has 0 aliphatic rings. The van der Waals surface area contributed by atoms with Crippen LogP contribution in [0, 0.1) is 6.92 Å². The maximum atomic E-state index is 4.22. The number of H-pyrrole nitrogens is 1. The Bertz CT molecular complexity index is 462. The number of nitrogens with one attached hydrogen (secondary N) is 2. The minimum Gasteiger partial charge on any atom is -0.349 e. The topological polar surface area (TPSA) is 40.7 Å². The molecule has 96 valence electrons. The predicted octanol–water partition coefficient (Wildman–Crippen LogP) is 3.00. The molecule has 2 aromatic rings. The standard InChI is InChI=1S/C15H21N3/c1-12-6-3-4-7-14(12)13(2)16-9-5-8-15-17-10-11-18-15/h3-4,6-7,10-11,13,16H,5,8-9H2,1-2H3,(H,17,18). The summed E-state index contributed by atoms with van der Waals surface area (Å²) in [6, 6.07) is 8.95. The van der Waals surface area contributed by atoms with E-state index < -0.39 is 0 Å². The maximum absolute atomic E-state index is 4.22. The summed E-state index contributed by atoms with van der Waals surface area (Å²) in [5, 5.41) is 3.56. The molecule has 0 amide bonds. The van der Waals surface area contributed by atoms with Gasteiger partial charge in [-0.1, -0.05) is 24.3 Å². The number of benzene rings is 1. The van der Waals surface area contributed by atoms with E-state index in [1.165, 1.54) is 11.1 Å². The number of imidazole rings is 1. The molecule has 0 saturated heterocycles. The van der Waals surface area contributed by atoms with Crippen LogP contribution in [0.4, 0.5) is 0 Å². The summed E-state index contributed by atoms with van der Waals surface area (Å²) in [4.78, 5) is 7.35. The molecule has 1 aromatic heterocycles. The van der Waals surface area contributed by atoms with Crippen molar-refractivity contribution in [1.82, 2.24) is 15.3 Å². The van der Waals surface area contributed by atoms with Gasteiger partial charge in [-0.05, 0) is 37.9 Å². The summed E-state index contributed by atoms with van der Waals surface area (Å²) in [7, 11) is 0. The molecule has 1 aromatic carbocycles. The van der Waals surface area contributed by atoms with Gasteiger partial charge in [0.25, 0.3) is 0 Å². The molecule has 1 atom stereocenters. The Morgan fingerprint density at radius 1 is 1.33 bits per heavy atom. The largest absolute Gasteiger partial charge is 0.349 e. The van der Waals surface area contributed by atoms with Gasteiger partial charge in [0.15, 0.2) is 0 Å². The van der Waals surface area contributed by atoms with Crippen LogP contribution >= 0.6 is 0 Å². The Kier molecular flexibility index (Phi) is 4.53. The van der Waals surface area contributed by atoms with E-state index in [1.807, 2.05) is 6.20 Å². The Hall–Kier alpha value is -1.61. The molecule has 3 nitrogen and oxygen atoms in total. The van der Waals surface area contributed by atoms with Crippen molar-refractivity contribution in [3.8, 4) is 0 Å². The highest BCUT2D eigenvalue weighted by atomic mass is 14.9. The van der Waals surface area contributed by atoms with Gasteiger partial charge in [-0.2, -0.15) is 0 Å². The lowest BCUT2D eigenvalue weighted by Gasteiger charge is -2.16. The zero-order valence-corrected chi connectivity index (χ0v) is 11.1. The van der Waals surface area contributed by atoms with Crippen molar-refractivity contribution in [3.05, 3.63) is 53.6 Å². The molecule has 3 heteroatoms. The maximum Gasteiger partial charge on any atom is 0.106 e. The summed E-state index contributed by atoms with van der Waals surface area (Å²) in [6.45, 7) is 5.39. The summed E-state index contributed by atoms with van der Waals surface area (Å²) in [5.74, 6) is 1.07. The van der Waals surface area contributed by atoms with Gasteiger partial charge in [0, 0.05) is 24.9 Å². The molecule has 0 bridgehead atoms. The van der Waals surface area contributed by atoms with Crippen molar-refractivity contribution in [2.24, 2.45) is 0 Å². The highest BCUT2D eigenvalue weighted by molar-refractivity contribution is 5.28. The molecular weight excluding hydrogens is 222 g/mol. The third kappa shape index (κ3) is 3.44. The lowest BCUT2D eigenvalue weighted by atomic mass is 10.0. The average Bonchev–Trinajstić information content (AvgIpc) is 2.88. The number of hydrogen-bond donors (Lipinski definition) is 2. The normalized spacial score (nSPS) is 12.6. The minimum absolute atomic E-state index is 0.405. The van der Waals surface area contributed by atoms with Crippen molar-refractivity contribution < 1.29 is 0 Å². The van der Waals surface area contributed by atoms with Crippen LogP contribution in [0.3, 0.4) is 0 Å². The van der Waals surface area contributed by atoms with Crippen molar-refractivity contribution >= 4 is 0 Å². The van der Waals surface area contributed by atoms with E-state index in [2.05, 4.69) is 53.4 Å². The van der Waals surface area contributed by atoms with Crippen molar-refractivity contribution in [1.29, 1.82) is 0 Å². The molecule has 1 unspecified atom stereocenters. The number of aryl methyl sites for hydroxylation is 2. The third-order valence-corrected chi connectivity index (χ3v) is 3.25. The lowest BCUT2D eigenvalue weighted by molar-refractivity contribution is 0.553. The zero-order chi connectivity index (χ0) is 12.8. The van der Waals surface area contributed by atoms with Crippen LogP contribution in [0.15, 0.2) is 36.7 Å². The van der Waals surface area contributed by atoms with Crippen molar-refractivity contribution in [3.63, 3.8) is 0 Å². The molecule has 2 rings (SSSR count). The van der Waals surface area contributed by atoms with Gasteiger partial charge in [-0.3, -0.25) is 0 Å². The van der Waals surface area contributed by atoms with Gasteiger partial charge in [-0.15, -0.1) is 0 Å². The van der Waals surface area contributed by atoms with E-state index in [0.29, 0.717) is 6.04 Å². The molecular formula is C15H21N3. The fraction of sp³-hybridized carbons (Fsp3) is 0.400. The van der Waals surface area contributed by atoms with Gasteiger partial charge in [0.05, 0.1) is 0 Å². The number of aromatic nitrogens is 2. The van der Waals surface area contributed by atoms with E-state index >= 15 is 0 Å². The van der Waals surface area contributed by atoms with Crippen LogP contribution in [-0.2, 0) is 6.42 Å². The molecule has 0 radical (unpaired) electrons. The minimum atomic E-state index is 0.405. The Morgan fingerprint density at radius 3 is 2.89 bits per heavy atom. The fourth-order valence-corrected chi connectivity index (χ4v) is 2.19. The second kappa shape index (κ2) is 6.36. The second-order valence-corrected chi connectivity index (χ2v) is 4.67. The van der Waals surface area contributed by atoms with Crippen molar-refractivity contribution in [2.45, 2.75) is 32.7 Å². The number of aromatic amines is 1. The third-order valence-electron chi connectivity index (χ3n) is 3.25. The van der Waals surface area contributed by atoms with E-state index in [1.54, 1.807) is 6.20 Å². The summed E-state index contributed by atoms with van der Waals surface area (Å²) < 4.78 is 0. The predicted molar refractivity (Wildman–Crippen MR) is 74.5 cm³/mol. The van der Waals surface area contributed by atoms with Crippen LogP contribution < -0.4 is 5.32 Å². The highest BCUT2D eigenvalue weighted by Crippen LogP contribution is 2.16. The van der Waals surface area contributed by atoms with E-state index in [0.717, 1.165) is 25.2 Å². The van der Waals surface area contributed by atoms with Gasteiger partial charge in [0.1, 0.15) is 5.82 Å². The lowest BCUT2D eigenvalue weighted by Crippen LogP contribution is -2.21. The van der Waals surface area contributed by atoms with Gasteiger partial charge in [0.2, 0.25) is 0 Å². The first-order chi connectivity index (χ1) is 8.77. The van der Waals surface area contributed by atoms with Gasteiger partial charge >= 0.3 is 0 Å². The zero-order valence-electron chi connectivity index (χ0n) is 11.1. The number of nitrogens with zero attached hydrogens (tertiary/aromatic N) is 1. The molecule has 1 heterocycles. The van der Waals surface area contributed by atoms with E-state index in [-0.39, 0.29) is 0 Å². The van der Waals surface area contributed by atoms with Crippen LogP contribution in [-0.4, -0.2) is 16.5 Å². The molecule has 0 spiro atoms. The van der Waals surface area contributed by atoms with Gasteiger partial charge < -0.3 is 10.3 Å². The molecule has 0 fully saturated rings. The van der Waals surface area contributed by atoms with Crippen molar-refractivity contribution in [2.75, 3.05) is 6.54 Å². The first-order valence-corrected chi connectivity index (χ1v) is 6.54. The monoisotopic (exact) mass is 243 g/mol. The molecule has 0 aliphatic carbocycles. The first-order valence-electron chi connectivity index (χ1n) is 6.54. The van der Waals surface area contributed by atoms with Crippen LogP contribution in [0.5, 0.6) is 0 Å². The summed E-state index contributed by atoms with van der Waals surface area (Å²) in [5.41, 5.74) is 2.74. The van der Waals surface area contributed by atoms with Crippen LogP contribution in [0.25, 0.3) is 0 Å². The molecule has 0 aliphatic heterocycles. The van der Waals surface area contributed by atoms with Crippen LogP contribution in [0.1, 0.15) is 36.3 Å². The Morgan fingerprint density at radius 2 is 2.17 bits per heavy atom. The molecule has 0 saturated carbocycles. The SMILES string of the molecule is Cc1ccccc1C(C)NCCCc1ncc[nH]1. The average molecular weight is 243 g/mol. The van der Waals surface area contributed by atoms with E-state index in [4.69, 9.17) is 0 Å². The van der Waals surface area contributed by atoms with Gasteiger partial charge in [-0.25, -0.2) is 4.98 Å². The second-order valence-electron chi connectivity index (χ2n) is 4.67.